The van der Waals surface area contributed by atoms with Crippen LogP contribution in [0.2, 0.25) is 10.0 Å². The summed E-state index contributed by atoms with van der Waals surface area (Å²) in [5.74, 6) is 0.0692. The van der Waals surface area contributed by atoms with Crippen LogP contribution in [0, 0.1) is 0 Å². The highest BCUT2D eigenvalue weighted by molar-refractivity contribution is 7.89. The molecule has 2 aliphatic rings. The maximum Gasteiger partial charge on any atom is 0.244 e. The van der Waals surface area contributed by atoms with Gasteiger partial charge in [-0.1, -0.05) is 23.2 Å². The first-order chi connectivity index (χ1) is 11.9. The van der Waals surface area contributed by atoms with Crippen molar-refractivity contribution in [3.63, 3.8) is 0 Å². The van der Waals surface area contributed by atoms with Gasteiger partial charge in [-0.3, -0.25) is 9.69 Å². The van der Waals surface area contributed by atoms with Crippen molar-refractivity contribution >= 4 is 39.1 Å². The number of halogens is 2. The minimum absolute atomic E-state index is 0.0125. The average Bonchev–Trinajstić information content (AvgIpc) is 3.10. The van der Waals surface area contributed by atoms with Gasteiger partial charge in [0, 0.05) is 31.2 Å². The molecule has 1 aromatic carbocycles. The number of carbonyl (C=O) groups excluding carboxylic acids is 1. The Balaban J connectivity index is 1.63. The molecule has 25 heavy (non-hydrogen) atoms. The second kappa shape index (κ2) is 7.80. The summed E-state index contributed by atoms with van der Waals surface area (Å²) < 4.78 is 26.9. The lowest BCUT2D eigenvalue weighted by Crippen LogP contribution is -2.52. The van der Waals surface area contributed by atoms with Crippen molar-refractivity contribution < 1.29 is 13.2 Å². The summed E-state index contributed by atoms with van der Waals surface area (Å²) in [6.45, 7) is 3.66. The molecule has 2 aliphatic heterocycles. The third kappa shape index (κ3) is 4.28. The molecule has 1 aromatic rings. The van der Waals surface area contributed by atoms with Gasteiger partial charge in [0.05, 0.1) is 11.6 Å². The van der Waals surface area contributed by atoms with Crippen molar-refractivity contribution in [3.8, 4) is 0 Å². The van der Waals surface area contributed by atoms with Crippen LogP contribution in [0.15, 0.2) is 23.1 Å². The SMILES string of the molecule is O=C(CN1CCCC1)N1CCN(S(=O)(=O)c2cc(Cl)ccc2Cl)CC1. The fraction of sp³-hybridized carbons (Fsp3) is 0.562. The van der Waals surface area contributed by atoms with Crippen molar-refractivity contribution in [2.45, 2.75) is 17.7 Å². The molecule has 138 valence electrons. The van der Waals surface area contributed by atoms with Crippen LogP contribution in [0.1, 0.15) is 12.8 Å². The number of piperazine rings is 1. The van der Waals surface area contributed by atoms with Gasteiger partial charge in [0.2, 0.25) is 15.9 Å². The molecule has 0 spiro atoms. The molecule has 0 aliphatic carbocycles. The number of hydrogen-bond donors (Lipinski definition) is 0. The molecule has 0 aromatic heterocycles. The van der Waals surface area contributed by atoms with Crippen LogP contribution in [0.25, 0.3) is 0 Å². The van der Waals surface area contributed by atoms with Crippen LogP contribution >= 0.6 is 23.2 Å². The van der Waals surface area contributed by atoms with E-state index in [1.807, 2.05) is 0 Å². The molecule has 9 heteroatoms. The highest BCUT2D eigenvalue weighted by Gasteiger charge is 2.32. The number of hydrogen-bond acceptors (Lipinski definition) is 4. The Morgan fingerprint density at radius 3 is 2.28 bits per heavy atom. The second-order valence-corrected chi connectivity index (χ2v) is 9.09. The normalized spacial score (nSPS) is 20.2. The van der Waals surface area contributed by atoms with Crippen molar-refractivity contribution in [1.82, 2.24) is 14.1 Å². The van der Waals surface area contributed by atoms with Gasteiger partial charge >= 0.3 is 0 Å². The molecule has 0 bridgehead atoms. The summed E-state index contributed by atoms with van der Waals surface area (Å²) in [5, 5.41) is 0.472. The molecular formula is C16H21Cl2N3O3S. The molecule has 0 saturated carbocycles. The standard InChI is InChI=1S/C16H21Cl2N3O3S/c17-13-3-4-14(18)15(11-13)25(23,24)21-9-7-20(8-10-21)16(22)12-19-5-1-2-6-19/h3-4,11H,1-2,5-10,12H2. The zero-order chi connectivity index (χ0) is 18.0. The number of likely N-dealkylation sites (tertiary alicyclic amines) is 1. The summed E-state index contributed by atoms with van der Waals surface area (Å²) in [6, 6.07) is 4.40. The predicted octanol–water partition coefficient (Wildman–Crippen LogP) is 1.92. The van der Waals surface area contributed by atoms with E-state index in [1.54, 1.807) is 11.0 Å². The zero-order valence-corrected chi connectivity index (χ0v) is 16.2. The van der Waals surface area contributed by atoms with Crippen LogP contribution < -0.4 is 0 Å². The number of amides is 1. The van der Waals surface area contributed by atoms with E-state index in [0.717, 1.165) is 25.9 Å². The van der Waals surface area contributed by atoms with Crippen LogP contribution in [0.3, 0.4) is 0 Å². The largest absolute Gasteiger partial charge is 0.339 e. The predicted molar refractivity (Wildman–Crippen MR) is 97.5 cm³/mol. The van der Waals surface area contributed by atoms with E-state index in [2.05, 4.69) is 4.90 Å². The Labute approximate surface area is 158 Å². The van der Waals surface area contributed by atoms with Gasteiger partial charge in [-0.25, -0.2) is 8.42 Å². The lowest BCUT2D eigenvalue weighted by Gasteiger charge is -2.34. The van der Waals surface area contributed by atoms with E-state index in [9.17, 15) is 13.2 Å². The van der Waals surface area contributed by atoms with Gasteiger partial charge in [-0.15, -0.1) is 0 Å². The van der Waals surface area contributed by atoms with E-state index >= 15 is 0 Å². The van der Waals surface area contributed by atoms with E-state index in [0.29, 0.717) is 24.7 Å². The highest BCUT2D eigenvalue weighted by Crippen LogP contribution is 2.28. The molecule has 2 fully saturated rings. The summed E-state index contributed by atoms with van der Waals surface area (Å²) >= 11 is 11.9. The number of nitrogens with zero attached hydrogens (tertiary/aromatic N) is 3. The Kier molecular flexibility index (Phi) is 5.90. The Morgan fingerprint density at radius 2 is 1.64 bits per heavy atom. The number of benzene rings is 1. The molecular weight excluding hydrogens is 385 g/mol. The quantitative estimate of drug-likeness (QED) is 0.767. The van der Waals surface area contributed by atoms with Gasteiger partial charge in [0.15, 0.2) is 0 Å². The molecule has 0 radical (unpaired) electrons. The van der Waals surface area contributed by atoms with Gasteiger partial charge in [-0.2, -0.15) is 4.31 Å². The van der Waals surface area contributed by atoms with Crippen molar-refractivity contribution in [2.75, 3.05) is 45.8 Å². The third-order valence-electron chi connectivity index (χ3n) is 4.66. The summed E-state index contributed by atoms with van der Waals surface area (Å²) in [5.41, 5.74) is 0. The highest BCUT2D eigenvalue weighted by atomic mass is 35.5. The third-order valence-corrected chi connectivity index (χ3v) is 7.28. The van der Waals surface area contributed by atoms with E-state index in [4.69, 9.17) is 23.2 Å². The van der Waals surface area contributed by atoms with Crippen LogP contribution in [0.4, 0.5) is 0 Å². The number of rotatable bonds is 4. The summed E-state index contributed by atoms with van der Waals surface area (Å²) in [7, 11) is -3.72. The monoisotopic (exact) mass is 405 g/mol. The molecule has 2 heterocycles. The maximum atomic E-state index is 12.8. The average molecular weight is 406 g/mol. The Morgan fingerprint density at radius 1 is 1.00 bits per heavy atom. The molecule has 0 atom stereocenters. The Hall–Kier alpha value is -0.860. The fourth-order valence-corrected chi connectivity index (χ4v) is 5.38. The molecule has 3 rings (SSSR count). The topological polar surface area (TPSA) is 60.9 Å². The van der Waals surface area contributed by atoms with E-state index in [-0.39, 0.29) is 28.9 Å². The van der Waals surface area contributed by atoms with Crippen LogP contribution in [0.5, 0.6) is 0 Å². The number of sulfonamides is 1. The van der Waals surface area contributed by atoms with Crippen LogP contribution in [-0.4, -0.2) is 74.2 Å². The van der Waals surface area contributed by atoms with Crippen molar-refractivity contribution in [3.05, 3.63) is 28.2 Å². The minimum atomic E-state index is -3.72. The molecule has 0 N–H and O–H groups in total. The fourth-order valence-electron chi connectivity index (χ4n) is 3.22. The summed E-state index contributed by atoms with van der Waals surface area (Å²) in [6.07, 6.45) is 2.28. The minimum Gasteiger partial charge on any atom is -0.339 e. The zero-order valence-electron chi connectivity index (χ0n) is 13.8. The first-order valence-corrected chi connectivity index (χ1v) is 10.5. The second-order valence-electron chi connectivity index (χ2n) is 6.34. The van der Waals surface area contributed by atoms with Crippen molar-refractivity contribution in [2.24, 2.45) is 0 Å². The van der Waals surface area contributed by atoms with Crippen LogP contribution in [-0.2, 0) is 14.8 Å². The van der Waals surface area contributed by atoms with Crippen molar-refractivity contribution in [1.29, 1.82) is 0 Å². The first kappa shape index (κ1) is 18.9. The molecule has 0 unspecified atom stereocenters. The molecule has 1 amide bonds. The lowest BCUT2D eigenvalue weighted by molar-refractivity contribution is -0.133. The van der Waals surface area contributed by atoms with Gasteiger partial charge in [-0.05, 0) is 44.1 Å². The Bertz CT molecular complexity index is 743. The lowest BCUT2D eigenvalue weighted by atomic mass is 10.3. The maximum absolute atomic E-state index is 12.8. The molecule has 6 nitrogen and oxygen atoms in total. The van der Waals surface area contributed by atoms with Gasteiger partial charge in [0.25, 0.3) is 0 Å². The van der Waals surface area contributed by atoms with Gasteiger partial charge < -0.3 is 4.90 Å². The molecule has 2 saturated heterocycles. The number of carbonyl (C=O) groups is 1. The smallest absolute Gasteiger partial charge is 0.244 e. The van der Waals surface area contributed by atoms with E-state index < -0.39 is 10.0 Å². The summed E-state index contributed by atoms with van der Waals surface area (Å²) in [4.78, 5) is 16.3. The van der Waals surface area contributed by atoms with Gasteiger partial charge in [0.1, 0.15) is 4.90 Å². The first-order valence-electron chi connectivity index (χ1n) is 8.33. The van der Waals surface area contributed by atoms with E-state index in [1.165, 1.54) is 16.4 Å².